The van der Waals surface area contributed by atoms with Gasteiger partial charge in [-0.2, -0.15) is 0 Å². The number of benzene rings is 1. The summed E-state index contributed by atoms with van der Waals surface area (Å²) in [5.74, 6) is 1.01. The third-order valence-corrected chi connectivity index (χ3v) is 2.93. The maximum absolute atomic E-state index is 5.80. The van der Waals surface area contributed by atoms with Gasteiger partial charge in [0.2, 0.25) is 0 Å². The monoisotopic (exact) mass is 181 g/mol. The Morgan fingerprint density at radius 1 is 1.33 bits per heavy atom. The molecule has 0 saturated carbocycles. The minimum absolute atomic E-state index is 0.329. The van der Waals surface area contributed by atoms with Crippen LogP contribution in [-0.2, 0) is 0 Å². The molecule has 1 nitrogen and oxygen atoms in total. The third kappa shape index (κ3) is 3.28. The molecule has 2 heteroatoms. The first kappa shape index (κ1) is 9.62. The maximum atomic E-state index is 5.80. The summed E-state index contributed by atoms with van der Waals surface area (Å²) in [6, 6.07) is 10.7. The smallest absolute Gasteiger partial charge is 0.0132 e. The lowest BCUT2D eigenvalue weighted by Crippen LogP contribution is -2.21. The van der Waals surface area contributed by atoms with Crippen LogP contribution in [0, 0.1) is 0 Å². The molecule has 1 aromatic carbocycles. The van der Waals surface area contributed by atoms with Crippen LogP contribution in [0.25, 0.3) is 0 Å². The SMILES string of the molecule is CC[C@H](N)CSc1ccccc1. The molecule has 0 aliphatic rings. The molecule has 0 aliphatic carbocycles. The van der Waals surface area contributed by atoms with E-state index in [2.05, 4.69) is 31.2 Å². The van der Waals surface area contributed by atoms with Crippen LogP contribution in [0.4, 0.5) is 0 Å². The van der Waals surface area contributed by atoms with E-state index in [4.69, 9.17) is 5.73 Å². The minimum Gasteiger partial charge on any atom is -0.327 e. The van der Waals surface area contributed by atoms with Gasteiger partial charge in [0.25, 0.3) is 0 Å². The highest BCUT2D eigenvalue weighted by atomic mass is 32.2. The largest absolute Gasteiger partial charge is 0.327 e. The Bertz CT molecular complexity index is 210. The average Bonchev–Trinajstić information content (AvgIpc) is 2.16. The van der Waals surface area contributed by atoms with Crippen LogP contribution in [-0.4, -0.2) is 11.8 Å². The predicted molar refractivity (Wildman–Crippen MR) is 55.4 cm³/mol. The quantitative estimate of drug-likeness (QED) is 0.722. The van der Waals surface area contributed by atoms with Crippen LogP contribution in [0.3, 0.4) is 0 Å². The molecule has 0 heterocycles. The number of hydrogen-bond donors (Lipinski definition) is 1. The number of hydrogen-bond acceptors (Lipinski definition) is 2. The van der Waals surface area contributed by atoms with Crippen LogP contribution in [0.5, 0.6) is 0 Å². The number of rotatable bonds is 4. The van der Waals surface area contributed by atoms with Crippen LogP contribution in [0.1, 0.15) is 13.3 Å². The highest BCUT2D eigenvalue weighted by Gasteiger charge is 1.99. The molecule has 0 aliphatic heterocycles. The molecule has 0 amide bonds. The lowest BCUT2D eigenvalue weighted by Gasteiger charge is -2.07. The zero-order chi connectivity index (χ0) is 8.81. The fraction of sp³-hybridized carbons (Fsp3) is 0.400. The van der Waals surface area contributed by atoms with Crippen molar-refractivity contribution in [3.8, 4) is 0 Å². The Morgan fingerprint density at radius 3 is 2.58 bits per heavy atom. The van der Waals surface area contributed by atoms with Crippen molar-refractivity contribution in [3.05, 3.63) is 30.3 Å². The minimum atomic E-state index is 0.329. The summed E-state index contributed by atoms with van der Waals surface area (Å²) in [6.45, 7) is 2.12. The summed E-state index contributed by atoms with van der Waals surface area (Å²) >= 11 is 1.83. The zero-order valence-electron chi connectivity index (χ0n) is 7.36. The van der Waals surface area contributed by atoms with E-state index in [1.165, 1.54) is 4.90 Å². The molecule has 0 bridgehead atoms. The van der Waals surface area contributed by atoms with Crippen LogP contribution in [0.15, 0.2) is 35.2 Å². The Morgan fingerprint density at radius 2 is 2.00 bits per heavy atom. The van der Waals surface area contributed by atoms with Gasteiger partial charge < -0.3 is 5.73 Å². The summed E-state index contributed by atoms with van der Waals surface area (Å²) in [5, 5.41) is 0. The second-order valence-electron chi connectivity index (χ2n) is 2.79. The van der Waals surface area contributed by atoms with Gasteiger partial charge in [0.05, 0.1) is 0 Å². The Hall–Kier alpha value is -0.470. The standard InChI is InChI=1S/C10H15NS/c1-2-9(11)8-12-10-6-4-3-5-7-10/h3-7,9H,2,8,11H2,1H3/t9-/m0/s1. The van der Waals surface area contributed by atoms with E-state index >= 15 is 0 Å². The fourth-order valence-electron chi connectivity index (χ4n) is 0.838. The highest BCUT2D eigenvalue weighted by Crippen LogP contribution is 2.17. The highest BCUT2D eigenvalue weighted by molar-refractivity contribution is 7.99. The molecule has 1 rings (SSSR count). The van der Waals surface area contributed by atoms with Crippen molar-refractivity contribution in [1.29, 1.82) is 0 Å². The molecule has 2 N–H and O–H groups in total. The van der Waals surface area contributed by atoms with Gasteiger partial charge in [-0.3, -0.25) is 0 Å². The van der Waals surface area contributed by atoms with E-state index in [-0.39, 0.29) is 0 Å². The first-order valence-corrected chi connectivity index (χ1v) is 5.25. The van der Waals surface area contributed by atoms with E-state index in [0.29, 0.717) is 6.04 Å². The van der Waals surface area contributed by atoms with E-state index in [1.807, 2.05) is 17.8 Å². The average molecular weight is 181 g/mol. The van der Waals surface area contributed by atoms with Gasteiger partial charge in [-0.05, 0) is 18.6 Å². The molecule has 1 atom stereocenters. The molecule has 0 radical (unpaired) electrons. The van der Waals surface area contributed by atoms with Crippen molar-refractivity contribution in [2.75, 3.05) is 5.75 Å². The van der Waals surface area contributed by atoms with E-state index in [1.54, 1.807) is 0 Å². The van der Waals surface area contributed by atoms with Gasteiger partial charge in [0.15, 0.2) is 0 Å². The van der Waals surface area contributed by atoms with Crippen LogP contribution >= 0.6 is 11.8 Å². The van der Waals surface area contributed by atoms with Crippen LogP contribution < -0.4 is 5.73 Å². The molecule has 1 aromatic rings. The summed E-state index contributed by atoms with van der Waals surface area (Å²) in [7, 11) is 0. The van der Waals surface area contributed by atoms with E-state index in [9.17, 15) is 0 Å². The molecular weight excluding hydrogens is 166 g/mol. The van der Waals surface area contributed by atoms with Crippen LogP contribution in [0.2, 0.25) is 0 Å². The van der Waals surface area contributed by atoms with Gasteiger partial charge in [-0.25, -0.2) is 0 Å². The lowest BCUT2D eigenvalue weighted by molar-refractivity contribution is 0.725. The summed E-state index contributed by atoms with van der Waals surface area (Å²) < 4.78 is 0. The zero-order valence-corrected chi connectivity index (χ0v) is 8.18. The summed E-state index contributed by atoms with van der Waals surface area (Å²) in [6.07, 6.45) is 1.06. The first-order valence-electron chi connectivity index (χ1n) is 4.26. The van der Waals surface area contributed by atoms with Gasteiger partial charge >= 0.3 is 0 Å². The molecule has 0 saturated heterocycles. The Balaban J connectivity index is 2.33. The Kier molecular flexibility index (Phi) is 4.19. The normalized spacial score (nSPS) is 12.8. The molecule has 0 unspecified atom stereocenters. The molecule has 0 aromatic heterocycles. The number of thioether (sulfide) groups is 1. The third-order valence-electron chi connectivity index (χ3n) is 1.73. The van der Waals surface area contributed by atoms with Gasteiger partial charge in [-0.1, -0.05) is 25.1 Å². The van der Waals surface area contributed by atoms with Crippen molar-refractivity contribution in [2.45, 2.75) is 24.3 Å². The molecule has 66 valence electrons. The van der Waals surface area contributed by atoms with E-state index in [0.717, 1.165) is 12.2 Å². The maximum Gasteiger partial charge on any atom is 0.0132 e. The first-order chi connectivity index (χ1) is 5.83. The lowest BCUT2D eigenvalue weighted by atomic mass is 10.3. The number of nitrogens with two attached hydrogens (primary N) is 1. The molecular formula is C10H15NS. The molecule has 0 spiro atoms. The predicted octanol–water partition coefficient (Wildman–Crippen LogP) is 2.52. The Labute approximate surface area is 78.4 Å². The fourth-order valence-corrected chi connectivity index (χ4v) is 1.83. The second kappa shape index (κ2) is 5.22. The van der Waals surface area contributed by atoms with Gasteiger partial charge in [-0.15, -0.1) is 11.8 Å². The summed E-state index contributed by atoms with van der Waals surface area (Å²) in [4.78, 5) is 1.31. The van der Waals surface area contributed by atoms with E-state index < -0.39 is 0 Å². The summed E-state index contributed by atoms with van der Waals surface area (Å²) in [5.41, 5.74) is 5.80. The van der Waals surface area contributed by atoms with Crippen molar-refractivity contribution in [2.24, 2.45) is 5.73 Å². The topological polar surface area (TPSA) is 26.0 Å². The van der Waals surface area contributed by atoms with Crippen molar-refractivity contribution < 1.29 is 0 Å². The van der Waals surface area contributed by atoms with Crippen molar-refractivity contribution in [1.82, 2.24) is 0 Å². The van der Waals surface area contributed by atoms with Gasteiger partial charge in [0, 0.05) is 16.7 Å². The van der Waals surface area contributed by atoms with Gasteiger partial charge in [0.1, 0.15) is 0 Å². The molecule has 12 heavy (non-hydrogen) atoms. The van der Waals surface area contributed by atoms with Crippen molar-refractivity contribution >= 4 is 11.8 Å². The second-order valence-corrected chi connectivity index (χ2v) is 3.89. The molecule has 0 fully saturated rings. The van der Waals surface area contributed by atoms with Crippen molar-refractivity contribution in [3.63, 3.8) is 0 Å².